The Morgan fingerprint density at radius 2 is 2.21 bits per heavy atom. The van der Waals surface area contributed by atoms with Gasteiger partial charge in [-0.05, 0) is 12.8 Å². The first-order valence-corrected chi connectivity index (χ1v) is 5.09. The first kappa shape index (κ1) is 11.5. The lowest BCUT2D eigenvalue weighted by Crippen LogP contribution is -2.44. The molecule has 0 aromatic carbocycles. The molecular formula is C10H20N2O2. The minimum absolute atomic E-state index is 0.173. The van der Waals surface area contributed by atoms with Crippen molar-refractivity contribution in [1.82, 2.24) is 4.90 Å². The largest absolute Gasteiger partial charge is 0.337 e. The Hall–Kier alpha value is -0.610. The van der Waals surface area contributed by atoms with Crippen molar-refractivity contribution in [3.63, 3.8) is 0 Å². The molecule has 0 saturated carbocycles. The van der Waals surface area contributed by atoms with Crippen molar-refractivity contribution >= 4 is 5.91 Å². The summed E-state index contributed by atoms with van der Waals surface area (Å²) in [5.41, 5.74) is -0.308. The van der Waals surface area contributed by atoms with E-state index in [1.165, 1.54) is 0 Å². The molecule has 0 bridgehead atoms. The van der Waals surface area contributed by atoms with E-state index in [4.69, 9.17) is 5.90 Å². The van der Waals surface area contributed by atoms with Crippen LogP contribution in [0.2, 0.25) is 0 Å². The van der Waals surface area contributed by atoms with Gasteiger partial charge in [0.2, 0.25) is 5.91 Å². The summed E-state index contributed by atoms with van der Waals surface area (Å²) in [5, 5.41) is 0. The van der Waals surface area contributed by atoms with Crippen LogP contribution in [-0.4, -0.2) is 30.0 Å². The van der Waals surface area contributed by atoms with Crippen molar-refractivity contribution in [3.05, 3.63) is 0 Å². The summed E-state index contributed by atoms with van der Waals surface area (Å²) in [6.07, 6.45) is 2.05. The van der Waals surface area contributed by atoms with Gasteiger partial charge in [0.15, 0.2) is 0 Å². The van der Waals surface area contributed by atoms with Crippen molar-refractivity contribution in [2.75, 3.05) is 13.2 Å². The Morgan fingerprint density at radius 3 is 2.71 bits per heavy atom. The molecule has 1 aliphatic rings. The zero-order chi connectivity index (χ0) is 10.8. The molecule has 4 heteroatoms. The fraction of sp³-hybridized carbons (Fsp3) is 0.900. The van der Waals surface area contributed by atoms with Crippen LogP contribution in [0, 0.1) is 5.41 Å². The minimum atomic E-state index is -0.308. The van der Waals surface area contributed by atoms with Crippen molar-refractivity contribution in [2.45, 2.75) is 39.7 Å². The molecule has 1 heterocycles. The quantitative estimate of drug-likeness (QED) is 0.674. The fourth-order valence-corrected chi connectivity index (χ4v) is 1.82. The second-order valence-electron chi connectivity index (χ2n) is 4.88. The number of likely N-dealkylation sites (tertiary alicyclic amines) is 1. The molecular weight excluding hydrogens is 180 g/mol. The zero-order valence-electron chi connectivity index (χ0n) is 9.25. The summed E-state index contributed by atoms with van der Waals surface area (Å²) in [6, 6.07) is 0.173. The van der Waals surface area contributed by atoms with E-state index in [1.807, 2.05) is 25.7 Å². The van der Waals surface area contributed by atoms with E-state index in [0.717, 1.165) is 19.4 Å². The summed E-state index contributed by atoms with van der Waals surface area (Å²) in [5.74, 6) is 5.23. The lowest BCUT2D eigenvalue weighted by molar-refractivity contribution is -0.141. The van der Waals surface area contributed by atoms with Crippen LogP contribution in [0.5, 0.6) is 0 Å². The molecule has 0 spiro atoms. The normalized spacial score (nSPS) is 22.9. The van der Waals surface area contributed by atoms with Crippen LogP contribution in [-0.2, 0) is 9.63 Å². The Morgan fingerprint density at radius 1 is 1.57 bits per heavy atom. The van der Waals surface area contributed by atoms with Crippen LogP contribution in [0.1, 0.15) is 33.6 Å². The highest BCUT2D eigenvalue weighted by molar-refractivity contribution is 5.82. The van der Waals surface area contributed by atoms with Gasteiger partial charge < -0.3 is 9.74 Å². The summed E-state index contributed by atoms with van der Waals surface area (Å²) in [6.45, 7) is 7.10. The van der Waals surface area contributed by atoms with Crippen molar-refractivity contribution in [2.24, 2.45) is 11.3 Å². The van der Waals surface area contributed by atoms with E-state index in [0.29, 0.717) is 6.61 Å². The Balaban J connectivity index is 2.62. The first-order chi connectivity index (χ1) is 6.46. The number of hydrogen-bond donors (Lipinski definition) is 1. The second kappa shape index (κ2) is 4.28. The van der Waals surface area contributed by atoms with Gasteiger partial charge in [-0.25, -0.2) is 5.90 Å². The maximum Gasteiger partial charge on any atom is 0.228 e. The van der Waals surface area contributed by atoms with Gasteiger partial charge in [-0.15, -0.1) is 0 Å². The molecule has 82 valence electrons. The standard InChI is InChI=1S/C10H20N2O2/c1-10(2,3)9(13)12-6-4-5-8(12)7-14-11/h8H,4-7,11H2,1-3H3. The maximum absolute atomic E-state index is 12.0. The van der Waals surface area contributed by atoms with E-state index in [1.54, 1.807) is 0 Å². The number of nitrogens with zero attached hydrogens (tertiary/aromatic N) is 1. The Labute approximate surface area is 85.3 Å². The molecule has 1 aliphatic heterocycles. The number of carbonyl (C=O) groups excluding carboxylic acids is 1. The van der Waals surface area contributed by atoms with Gasteiger partial charge in [0.1, 0.15) is 0 Å². The number of hydrogen-bond acceptors (Lipinski definition) is 3. The van der Waals surface area contributed by atoms with Gasteiger partial charge in [0.25, 0.3) is 0 Å². The number of rotatable bonds is 2. The van der Waals surface area contributed by atoms with E-state index < -0.39 is 0 Å². The molecule has 0 aromatic rings. The van der Waals surface area contributed by atoms with Crippen molar-refractivity contribution in [1.29, 1.82) is 0 Å². The van der Waals surface area contributed by atoms with E-state index in [-0.39, 0.29) is 17.4 Å². The van der Waals surface area contributed by atoms with E-state index in [2.05, 4.69) is 4.84 Å². The molecule has 1 rings (SSSR count). The van der Waals surface area contributed by atoms with Crippen molar-refractivity contribution < 1.29 is 9.63 Å². The van der Waals surface area contributed by atoms with Crippen LogP contribution >= 0.6 is 0 Å². The minimum Gasteiger partial charge on any atom is -0.337 e. The van der Waals surface area contributed by atoms with Crippen LogP contribution in [0.25, 0.3) is 0 Å². The van der Waals surface area contributed by atoms with Gasteiger partial charge in [-0.1, -0.05) is 20.8 Å². The molecule has 1 atom stereocenters. The summed E-state index contributed by atoms with van der Waals surface area (Å²) >= 11 is 0. The van der Waals surface area contributed by atoms with Crippen LogP contribution in [0.15, 0.2) is 0 Å². The van der Waals surface area contributed by atoms with Gasteiger partial charge in [-0.3, -0.25) is 4.79 Å². The van der Waals surface area contributed by atoms with Gasteiger partial charge in [0.05, 0.1) is 12.6 Å². The van der Waals surface area contributed by atoms with Crippen LogP contribution in [0.4, 0.5) is 0 Å². The molecule has 1 saturated heterocycles. The Kier molecular flexibility index (Phi) is 3.50. The molecule has 1 fully saturated rings. The molecule has 0 aliphatic carbocycles. The predicted octanol–water partition coefficient (Wildman–Crippen LogP) is 0.914. The number of amides is 1. The Bertz CT molecular complexity index is 211. The lowest BCUT2D eigenvalue weighted by Gasteiger charge is -2.30. The van der Waals surface area contributed by atoms with Crippen LogP contribution < -0.4 is 5.90 Å². The van der Waals surface area contributed by atoms with Gasteiger partial charge in [-0.2, -0.15) is 0 Å². The molecule has 2 N–H and O–H groups in total. The fourth-order valence-electron chi connectivity index (χ4n) is 1.82. The smallest absolute Gasteiger partial charge is 0.228 e. The molecule has 4 nitrogen and oxygen atoms in total. The van der Waals surface area contributed by atoms with Crippen molar-refractivity contribution in [3.8, 4) is 0 Å². The number of nitrogens with two attached hydrogens (primary N) is 1. The van der Waals surface area contributed by atoms with Gasteiger partial charge >= 0.3 is 0 Å². The molecule has 1 amide bonds. The molecule has 0 radical (unpaired) electrons. The maximum atomic E-state index is 12.0. The summed E-state index contributed by atoms with van der Waals surface area (Å²) < 4.78 is 0. The molecule has 14 heavy (non-hydrogen) atoms. The monoisotopic (exact) mass is 200 g/mol. The summed E-state index contributed by atoms with van der Waals surface area (Å²) in [7, 11) is 0. The highest BCUT2D eigenvalue weighted by Gasteiger charge is 2.34. The summed E-state index contributed by atoms with van der Waals surface area (Å²) in [4.78, 5) is 18.5. The van der Waals surface area contributed by atoms with Crippen LogP contribution in [0.3, 0.4) is 0 Å². The lowest BCUT2D eigenvalue weighted by atomic mass is 9.94. The second-order valence-corrected chi connectivity index (χ2v) is 4.88. The third-order valence-electron chi connectivity index (χ3n) is 2.57. The average Bonchev–Trinajstić information content (AvgIpc) is 2.50. The third kappa shape index (κ3) is 2.45. The molecule has 1 unspecified atom stereocenters. The number of carbonyl (C=O) groups is 1. The van der Waals surface area contributed by atoms with E-state index >= 15 is 0 Å². The highest BCUT2D eigenvalue weighted by atomic mass is 16.6. The molecule has 0 aromatic heterocycles. The van der Waals surface area contributed by atoms with Gasteiger partial charge in [0, 0.05) is 12.0 Å². The SMILES string of the molecule is CC(C)(C)C(=O)N1CCCC1CON. The average molecular weight is 200 g/mol. The topological polar surface area (TPSA) is 55.6 Å². The van der Waals surface area contributed by atoms with E-state index in [9.17, 15) is 4.79 Å². The highest BCUT2D eigenvalue weighted by Crippen LogP contribution is 2.25. The third-order valence-corrected chi connectivity index (χ3v) is 2.57. The predicted molar refractivity (Wildman–Crippen MR) is 54.3 cm³/mol. The zero-order valence-corrected chi connectivity index (χ0v) is 9.25. The first-order valence-electron chi connectivity index (χ1n) is 5.09.